The highest BCUT2D eigenvalue weighted by atomic mass is 14.9. The topological polar surface area (TPSA) is 51.6 Å². The Morgan fingerprint density at radius 2 is 0.870 bits per heavy atom. The van der Waals surface area contributed by atoms with Crippen molar-refractivity contribution < 1.29 is 0 Å². The molecule has 0 aliphatic heterocycles. The molecule has 0 amide bonds. The number of aromatic nitrogens is 4. The minimum atomic E-state index is 0.676. The molecule has 8 aromatic carbocycles. The van der Waals surface area contributed by atoms with E-state index in [9.17, 15) is 0 Å². The summed E-state index contributed by atoms with van der Waals surface area (Å²) in [7, 11) is 0. The van der Waals surface area contributed by atoms with E-state index < -0.39 is 0 Å². The van der Waals surface area contributed by atoms with Gasteiger partial charge in [0.1, 0.15) is 0 Å². The molecular formula is C42H24N4. The van der Waals surface area contributed by atoms with Gasteiger partial charge in [-0.3, -0.25) is 4.98 Å². The van der Waals surface area contributed by atoms with Gasteiger partial charge in [-0.1, -0.05) is 109 Å². The molecule has 2 heterocycles. The number of hydrogen-bond donors (Lipinski definition) is 0. The molecule has 0 N–H and O–H groups in total. The molecule has 0 saturated carbocycles. The van der Waals surface area contributed by atoms with Crippen molar-refractivity contribution in [2.45, 2.75) is 0 Å². The van der Waals surface area contributed by atoms with E-state index in [0.29, 0.717) is 5.82 Å². The molecule has 4 nitrogen and oxygen atoms in total. The van der Waals surface area contributed by atoms with Gasteiger partial charge in [0.15, 0.2) is 5.82 Å². The number of benzene rings is 7. The third kappa shape index (κ3) is 3.67. The van der Waals surface area contributed by atoms with Crippen LogP contribution in [0.5, 0.6) is 0 Å². The third-order valence-corrected chi connectivity index (χ3v) is 9.33. The highest BCUT2D eigenvalue weighted by Crippen LogP contribution is 2.44. The van der Waals surface area contributed by atoms with Crippen LogP contribution in [-0.4, -0.2) is 19.9 Å². The van der Waals surface area contributed by atoms with E-state index in [1.165, 1.54) is 64.6 Å². The molecule has 46 heavy (non-hydrogen) atoms. The fourth-order valence-electron chi connectivity index (χ4n) is 7.28. The van der Waals surface area contributed by atoms with Crippen LogP contribution in [0.3, 0.4) is 0 Å². The lowest BCUT2D eigenvalue weighted by atomic mass is 9.87. The quantitative estimate of drug-likeness (QED) is 0.194. The van der Waals surface area contributed by atoms with Gasteiger partial charge < -0.3 is 0 Å². The molecule has 0 aliphatic carbocycles. The Labute approximate surface area is 264 Å². The van der Waals surface area contributed by atoms with E-state index in [0.717, 1.165) is 28.1 Å². The zero-order chi connectivity index (χ0) is 30.2. The molecule has 212 valence electrons. The first-order valence-electron chi connectivity index (χ1n) is 15.5. The predicted octanol–water partition coefficient (Wildman–Crippen LogP) is 10.6. The molecule has 4 heteroatoms. The van der Waals surface area contributed by atoms with Crippen LogP contribution in [0.4, 0.5) is 0 Å². The van der Waals surface area contributed by atoms with Crippen molar-refractivity contribution in [1.82, 2.24) is 19.9 Å². The molecule has 0 aliphatic rings. The van der Waals surface area contributed by atoms with Crippen molar-refractivity contribution in [3.63, 3.8) is 0 Å². The van der Waals surface area contributed by atoms with Crippen LogP contribution in [0.25, 0.3) is 98.5 Å². The highest BCUT2D eigenvalue weighted by Gasteiger charge is 2.17. The minimum Gasteiger partial charge on any atom is -0.260 e. The van der Waals surface area contributed by atoms with Gasteiger partial charge >= 0.3 is 0 Å². The second kappa shape index (κ2) is 9.62. The summed E-state index contributed by atoms with van der Waals surface area (Å²) in [5, 5.41) is 15.0. The summed E-state index contributed by atoms with van der Waals surface area (Å²) < 4.78 is 0. The SMILES string of the molecule is c1ccc(-c2cncc(-c3cnc(-c4cc5ccc6cccc7c8cccc9ccc%10cccc(c(c4)c5c67)c%10c98)nc3)n2)cc1. The molecule has 0 saturated heterocycles. The van der Waals surface area contributed by atoms with Crippen molar-refractivity contribution in [3.05, 3.63) is 146 Å². The van der Waals surface area contributed by atoms with E-state index in [-0.39, 0.29) is 0 Å². The van der Waals surface area contributed by atoms with Gasteiger partial charge in [0.25, 0.3) is 0 Å². The summed E-state index contributed by atoms with van der Waals surface area (Å²) in [4.78, 5) is 19.1. The van der Waals surface area contributed by atoms with Crippen LogP contribution in [-0.2, 0) is 0 Å². The van der Waals surface area contributed by atoms with Gasteiger partial charge in [0.05, 0.1) is 23.8 Å². The van der Waals surface area contributed by atoms with Gasteiger partial charge in [0.2, 0.25) is 0 Å². The molecular weight excluding hydrogens is 560 g/mol. The smallest absolute Gasteiger partial charge is 0.159 e. The molecule has 0 radical (unpaired) electrons. The Bertz CT molecular complexity index is 2780. The Morgan fingerprint density at radius 1 is 0.348 bits per heavy atom. The summed E-state index contributed by atoms with van der Waals surface area (Å²) in [6, 6.07) is 43.6. The first kappa shape index (κ1) is 25.1. The zero-order valence-corrected chi connectivity index (χ0v) is 24.6. The molecule has 0 fully saturated rings. The molecule has 0 atom stereocenters. The highest BCUT2D eigenvalue weighted by molar-refractivity contribution is 6.37. The van der Waals surface area contributed by atoms with Crippen LogP contribution in [0, 0.1) is 0 Å². The Morgan fingerprint density at radius 3 is 1.48 bits per heavy atom. The maximum atomic E-state index is 4.87. The Hall–Kier alpha value is -6.26. The van der Waals surface area contributed by atoms with Crippen molar-refractivity contribution in [3.8, 4) is 33.9 Å². The Balaban J connectivity index is 1.24. The summed E-state index contributed by atoms with van der Waals surface area (Å²) in [6.45, 7) is 0. The van der Waals surface area contributed by atoms with Gasteiger partial charge in [-0.2, -0.15) is 0 Å². The summed E-state index contributed by atoms with van der Waals surface area (Å²) in [5.41, 5.74) is 4.39. The lowest BCUT2D eigenvalue weighted by Crippen LogP contribution is -1.94. The van der Waals surface area contributed by atoms with Crippen LogP contribution < -0.4 is 0 Å². The number of rotatable bonds is 3. The van der Waals surface area contributed by atoms with Gasteiger partial charge in [-0.15, -0.1) is 0 Å². The fraction of sp³-hybridized carbons (Fsp3) is 0. The lowest BCUT2D eigenvalue weighted by molar-refractivity contribution is 1.15. The van der Waals surface area contributed by atoms with Crippen molar-refractivity contribution in [2.75, 3.05) is 0 Å². The second-order valence-electron chi connectivity index (χ2n) is 11.9. The van der Waals surface area contributed by atoms with Crippen molar-refractivity contribution in [1.29, 1.82) is 0 Å². The zero-order valence-electron chi connectivity index (χ0n) is 24.6. The molecule has 10 aromatic rings. The number of fused-ring (bicyclic) bond motifs is 2. The van der Waals surface area contributed by atoms with Crippen LogP contribution >= 0.6 is 0 Å². The van der Waals surface area contributed by atoms with E-state index >= 15 is 0 Å². The fourth-order valence-corrected chi connectivity index (χ4v) is 7.28. The van der Waals surface area contributed by atoms with E-state index in [1.54, 1.807) is 12.4 Å². The molecule has 10 rings (SSSR count). The van der Waals surface area contributed by atoms with Crippen LogP contribution in [0.15, 0.2) is 146 Å². The average Bonchev–Trinajstić information content (AvgIpc) is 3.13. The minimum absolute atomic E-state index is 0.676. The van der Waals surface area contributed by atoms with E-state index in [4.69, 9.17) is 15.0 Å². The summed E-state index contributed by atoms with van der Waals surface area (Å²) >= 11 is 0. The second-order valence-corrected chi connectivity index (χ2v) is 11.9. The summed E-state index contributed by atoms with van der Waals surface area (Å²) in [5.74, 6) is 0.676. The van der Waals surface area contributed by atoms with E-state index in [1.807, 2.05) is 42.7 Å². The monoisotopic (exact) mass is 584 g/mol. The standard InChI is InChI=1S/C42H24N4/c1-2-7-25(8-3-1)36-23-43-24-37(46-36)31-21-44-42(45-22-31)30-19-29-18-17-28-10-5-13-33-32-12-4-9-26-15-16-27-11-6-14-34(40(27)38(26)32)35(20-30)41(29)39(28)33/h1-24H. The van der Waals surface area contributed by atoms with Gasteiger partial charge in [-0.05, 0) is 76.8 Å². The van der Waals surface area contributed by atoms with Crippen molar-refractivity contribution >= 4 is 64.6 Å². The predicted molar refractivity (Wildman–Crippen MR) is 190 cm³/mol. The van der Waals surface area contributed by atoms with Crippen LogP contribution in [0.1, 0.15) is 0 Å². The van der Waals surface area contributed by atoms with Crippen molar-refractivity contribution in [2.24, 2.45) is 0 Å². The molecule has 0 spiro atoms. The maximum Gasteiger partial charge on any atom is 0.159 e. The largest absolute Gasteiger partial charge is 0.260 e. The van der Waals surface area contributed by atoms with E-state index in [2.05, 4.69) is 96.0 Å². The van der Waals surface area contributed by atoms with Gasteiger partial charge in [-0.25, -0.2) is 15.0 Å². The number of nitrogens with zero attached hydrogens (tertiary/aromatic N) is 4. The average molecular weight is 585 g/mol. The number of hydrogen-bond acceptors (Lipinski definition) is 4. The first-order chi connectivity index (χ1) is 22.8. The lowest BCUT2D eigenvalue weighted by Gasteiger charge is -2.16. The first-order valence-corrected chi connectivity index (χ1v) is 15.5. The maximum absolute atomic E-state index is 4.87. The molecule has 0 bridgehead atoms. The van der Waals surface area contributed by atoms with Gasteiger partial charge in [0, 0.05) is 29.1 Å². The Kier molecular flexibility index (Phi) is 5.25. The summed E-state index contributed by atoms with van der Waals surface area (Å²) in [6.07, 6.45) is 7.25. The van der Waals surface area contributed by atoms with Crippen LogP contribution in [0.2, 0.25) is 0 Å². The third-order valence-electron chi connectivity index (χ3n) is 9.33. The molecule has 0 unspecified atom stereocenters. The normalized spacial score (nSPS) is 11.9. The molecule has 2 aromatic heterocycles.